The highest BCUT2D eigenvalue weighted by molar-refractivity contribution is 6.05. The second-order valence-electron chi connectivity index (χ2n) is 6.54. The average molecular weight is 409 g/mol. The second-order valence-corrected chi connectivity index (χ2v) is 6.54. The van der Waals surface area contributed by atoms with Crippen molar-refractivity contribution in [1.82, 2.24) is 9.55 Å². The molecule has 1 amide bonds. The van der Waals surface area contributed by atoms with Gasteiger partial charge in [0.1, 0.15) is 28.7 Å². The number of nitrogens with one attached hydrogen (secondary N) is 1. The van der Waals surface area contributed by atoms with Crippen LogP contribution in [-0.4, -0.2) is 15.5 Å². The molecule has 0 aliphatic heterocycles. The lowest BCUT2D eigenvalue weighted by Gasteiger charge is -2.13. The van der Waals surface area contributed by atoms with Crippen LogP contribution in [0.4, 0.5) is 18.9 Å². The first kappa shape index (κ1) is 19.4. The minimum atomic E-state index is -0.975. The summed E-state index contributed by atoms with van der Waals surface area (Å²) in [5.74, 6) is -3.15. The quantitative estimate of drug-likeness (QED) is 0.552. The molecule has 0 atom stereocenters. The van der Waals surface area contributed by atoms with Crippen molar-refractivity contribution < 1.29 is 18.0 Å². The van der Waals surface area contributed by atoms with E-state index < -0.39 is 28.9 Å². The average Bonchev–Trinajstić information content (AvgIpc) is 2.73. The highest BCUT2D eigenvalue weighted by Gasteiger charge is 2.18. The molecular weight excluding hydrogens is 395 g/mol. The molecule has 0 spiro atoms. The van der Waals surface area contributed by atoms with E-state index >= 15 is 0 Å². The summed E-state index contributed by atoms with van der Waals surface area (Å²) in [6.07, 6.45) is 1.48. The highest BCUT2D eigenvalue weighted by Crippen LogP contribution is 2.18. The zero-order valence-corrected chi connectivity index (χ0v) is 15.4. The number of benzene rings is 2. The minimum absolute atomic E-state index is 0.148. The third kappa shape index (κ3) is 3.67. The lowest BCUT2D eigenvalue weighted by atomic mass is 10.1. The van der Waals surface area contributed by atoms with Gasteiger partial charge in [0, 0.05) is 23.2 Å². The molecule has 0 bridgehead atoms. The number of hydrogen-bond donors (Lipinski definition) is 1. The number of carbonyl (C=O) groups excluding carboxylic acids is 1. The third-order valence-corrected chi connectivity index (χ3v) is 4.56. The Morgan fingerprint density at radius 1 is 0.967 bits per heavy atom. The molecule has 5 nitrogen and oxygen atoms in total. The summed E-state index contributed by atoms with van der Waals surface area (Å²) in [6, 6.07) is 13.2. The fourth-order valence-electron chi connectivity index (χ4n) is 3.09. The monoisotopic (exact) mass is 409 g/mol. The molecular formula is C22H14F3N3O2. The zero-order chi connectivity index (χ0) is 21.3. The van der Waals surface area contributed by atoms with Gasteiger partial charge in [-0.15, -0.1) is 0 Å². The van der Waals surface area contributed by atoms with Gasteiger partial charge in [-0.3, -0.25) is 14.2 Å². The van der Waals surface area contributed by atoms with Crippen molar-refractivity contribution >= 4 is 22.6 Å². The Bertz CT molecular complexity index is 1340. The molecule has 0 aliphatic carbocycles. The number of rotatable bonds is 4. The molecule has 8 heteroatoms. The van der Waals surface area contributed by atoms with Crippen LogP contribution in [0.2, 0.25) is 0 Å². The van der Waals surface area contributed by atoms with Crippen LogP contribution in [0.5, 0.6) is 0 Å². The number of nitrogens with zero attached hydrogens (tertiary/aromatic N) is 2. The fourth-order valence-corrected chi connectivity index (χ4v) is 3.09. The summed E-state index contributed by atoms with van der Waals surface area (Å²) in [4.78, 5) is 29.9. The molecule has 0 aliphatic rings. The Kier molecular flexibility index (Phi) is 5.05. The van der Waals surface area contributed by atoms with E-state index in [2.05, 4.69) is 10.3 Å². The van der Waals surface area contributed by atoms with Crippen molar-refractivity contribution in [2.75, 3.05) is 5.32 Å². The number of aromatic nitrogens is 2. The van der Waals surface area contributed by atoms with Gasteiger partial charge < -0.3 is 5.32 Å². The Hall–Kier alpha value is -3.94. The summed E-state index contributed by atoms with van der Waals surface area (Å²) in [6.45, 7) is -0.148. The van der Waals surface area contributed by atoms with Gasteiger partial charge in [0.2, 0.25) is 0 Å². The second kappa shape index (κ2) is 7.82. The normalized spacial score (nSPS) is 10.9. The first-order valence-electron chi connectivity index (χ1n) is 8.92. The van der Waals surface area contributed by atoms with Crippen molar-refractivity contribution in [3.63, 3.8) is 0 Å². The van der Waals surface area contributed by atoms with Crippen molar-refractivity contribution in [2.45, 2.75) is 6.54 Å². The molecule has 4 aromatic rings. The molecule has 4 rings (SSSR count). The molecule has 2 heterocycles. The summed E-state index contributed by atoms with van der Waals surface area (Å²) < 4.78 is 42.3. The van der Waals surface area contributed by atoms with E-state index in [9.17, 15) is 22.8 Å². The van der Waals surface area contributed by atoms with Crippen LogP contribution < -0.4 is 10.9 Å². The van der Waals surface area contributed by atoms with Gasteiger partial charge in [-0.05, 0) is 36.4 Å². The third-order valence-electron chi connectivity index (χ3n) is 4.56. The SMILES string of the molecule is O=C(Nc1ccc(F)cc1F)c1cc2cccnc2n(Cc2ccccc2F)c1=O. The molecule has 2 aromatic heterocycles. The van der Waals surface area contributed by atoms with Gasteiger partial charge in [-0.2, -0.15) is 0 Å². The van der Waals surface area contributed by atoms with E-state index in [1.807, 2.05) is 0 Å². The number of fused-ring (bicyclic) bond motifs is 1. The summed E-state index contributed by atoms with van der Waals surface area (Å²) in [5.41, 5.74) is -0.753. The Morgan fingerprint density at radius 2 is 1.77 bits per heavy atom. The van der Waals surface area contributed by atoms with E-state index in [1.54, 1.807) is 18.2 Å². The van der Waals surface area contributed by atoms with Crippen molar-refractivity contribution in [3.8, 4) is 0 Å². The van der Waals surface area contributed by atoms with Crippen LogP contribution >= 0.6 is 0 Å². The number of pyridine rings is 2. The van der Waals surface area contributed by atoms with Crippen molar-refractivity contribution in [3.05, 3.63) is 106 Å². The topological polar surface area (TPSA) is 64.0 Å². The molecule has 0 saturated heterocycles. The van der Waals surface area contributed by atoms with Crippen molar-refractivity contribution in [1.29, 1.82) is 0 Å². The predicted octanol–water partition coefficient (Wildman–Crippen LogP) is 4.11. The smallest absolute Gasteiger partial charge is 0.265 e. The van der Waals surface area contributed by atoms with E-state index in [0.717, 1.165) is 12.1 Å². The van der Waals surface area contributed by atoms with Gasteiger partial charge in [0.05, 0.1) is 12.2 Å². The number of carbonyl (C=O) groups is 1. The molecule has 0 saturated carbocycles. The van der Waals surface area contributed by atoms with Gasteiger partial charge in [0.25, 0.3) is 11.5 Å². The number of amides is 1. The molecule has 1 N–H and O–H groups in total. The lowest BCUT2D eigenvalue weighted by Crippen LogP contribution is -2.30. The molecule has 150 valence electrons. The number of halogens is 3. The lowest BCUT2D eigenvalue weighted by molar-refractivity contribution is 0.102. The maximum absolute atomic E-state index is 14.1. The molecule has 2 aromatic carbocycles. The predicted molar refractivity (Wildman–Crippen MR) is 106 cm³/mol. The van der Waals surface area contributed by atoms with Crippen LogP contribution in [0, 0.1) is 17.5 Å². The van der Waals surface area contributed by atoms with Crippen LogP contribution in [-0.2, 0) is 6.54 Å². The van der Waals surface area contributed by atoms with Crippen LogP contribution in [0.15, 0.2) is 71.7 Å². The van der Waals surface area contributed by atoms with Crippen LogP contribution in [0.1, 0.15) is 15.9 Å². The van der Waals surface area contributed by atoms with Gasteiger partial charge in [0.15, 0.2) is 0 Å². The highest BCUT2D eigenvalue weighted by atomic mass is 19.1. The van der Waals surface area contributed by atoms with Crippen LogP contribution in [0.3, 0.4) is 0 Å². The maximum atomic E-state index is 14.1. The van der Waals surface area contributed by atoms with E-state index in [4.69, 9.17) is 0 Å². The zero-order valence-electron chi connectivity index (χ0n) is 15.4. The summed E-state index contributed by atoms with van der Waals surface area (Å²) in [5, 5.41) is 2.74. The molecule has 30 heavy (non-hydrogen) atoms. The Balaban J connectivity index is 1.81. The number of anilines is 1. The van der Waals surface area contributed by atoms with E-state index in [0.29, 0.717) is 11.5 Å². The van der Waals surface area contributed by atoms with E-state index in [1.165, 1.54) is 35.0 Å². The Labute approximate surface area is 168 Å². The van der Waals surface area contributed by atoms with Gasteiger partial charge in [-0.25, -0.2) is 18.2 Å². The molecule has 0 fully saturated rings. The van der Waals surface area contributed by atoms with Gasteiger partial charge in [-0.1, -0.05) is 18.2 Å². The fraction of sp³-hybridized carbons (Fsp3) is 0.0455. The first-order chi connectivity index (χ1) is 14.4. The van der Waals surface area contributed by atoms with Gasteiger partial charge >= 0.3 is 0 Å². The molecule has 0 radical (unpaired) electrons. The first-order valence-corrected chi connectivity index (χ1v) is 8.92. The van der Waals surface area contributed by atoms with Crippen molar-refractivity contribution in [2.24, 2.45) is 0 Å². The van der Waals surface area contributed by atoms with Crippen LogP contribution in [0.25, 0.3) is 11.0 Å². The number of hydrogen-bond acceptors (Lipinski definition) is 3. The minimum Gasteiger partial charge on any atom is -0.319 e. The largest absolute Gasteiger partial charge is 0.319 e. The molecule has 0 unspecified atom stereocenters. The Morgan fingerprint density at radius 3 is 2.53 bits per heavy atom. The van der Waals surface area contributed by atoms with E-state index in [-0.39, 0.29) is 29.0 Å². The standard InChI is InChI=1S/C22H14F3N3O2/c23-15-7-8-19(18(25)11-15)27-21(29)16-10-13-5-3-9-26-20(13)28(22(16)30)12-14-4-1-2-6-17(14)24/h1-11H,12H2,(H,27,29). The summed E-state index contributed by atoms with van der Waals surface area (Å²) in [7, 11) is 0. The summed E-state index contributed by atoms with van der Waals surface area (Å²) >= 11 is 0. The maximum Gasteiger partial charge on any atom is 0.265 e.